The number of carbonyl (C=O) groups is 3. The van der Waals surface area contributed by atoms with Gasteiger partial charge < -0.3 is 19.9 Å². The molecule has 1 aliphatic heterocycles. The van der Waals surface area contributed by atoms with Crippen LogP contribution in [0.4, 0.5) is 4.79 Å². The van der Waals surface area contributed by atoms with Crippen molar-refractivity contribution in [2.24, 2.45) is 5.92 Å². The zero-order valence-electron chi connectivity index (χ0n) is 19.2. The van der Waals surface area contributed by atoms with Crippen LogP contribution in [0.2, 0.25) is 0 Å². The molecule has 1 heterocycles. The minimum atomic E-state index is -0.636. The van der Waals surface area contributed by atoms with Crippen LogP contribution in [0, 0.1) is 5.92 Å². The van der Waals surface area contributed by atoms with E-state index in [2.05, 4.69) is 10.2 Å². The van der Waals surface area contributed by atoms with Gasteiger partial charge in [0.2, 0.25) is 11.8 Å². The highest BCUT2D eigenvalue weighted by Crippen LogP contribution is 2.14. The molecule has 8 heteroatoms. The first-order valence-electron chi connectivity index (χ1n) is 11.0. The van der Waals surface area contributed by atoms with E-state index in [1.165, 1.54) is 0 Å². The van der Waals surface area contributed by atoms with E-state index < -0.39 is 12.1 Å². The molecule has 3 amide bonds. The van der Waals surface area contributed by atoms with Crippen molar-refractivity contribution < 1.29 is 19.1 Å². The van der Waals surface area contributed by atoms with Gasteiger partial charge in [-0.3, -0.25) is 14.5 Å². The van der Waals surface area contributed by atoms with Gasteiger partial charge in [-0.05, 0) is 17.9 Å². The number of rotatable bonds is 8. The summed E-state index contributed by atoms with van der Waals surface area (Å²) in [5.41, 5.74) is 0.893. The molecule has 0 aliphatic carbocycles. The monoisotopic (exact) mass is 432 g/mol. The number of nitrogens with zero attached hydrogens (tertiary/aromatic N) is 3. The molecule has 0 spiro atoms. The third-order valence-corrected chi connectivity index (χ3v) is 5.72. The number of hydrogen-bond acceptors (Lipinski definition) is 5. The highest BCUT2D eigenvalue weighted by Gasteiger charge is 2.31. The second-order valence-corrected chi connectivity index (χ2v) is 8.31. The number of ether oxygens (including phenoxy) is 1. The van der Waals surface area contributed by atoms with E-state index in [1.54, 1.807) is 23.9 Å². The van der Waals surface area contributed by atoms with Gasteiger partial charge >= 0.3 is 6.09 Å². The third kappa shape index (κ3) is 7.86. The molecule has 1 saturated heterocycles. The van der Waals surface area contributed by atoms with Crippen LogP contribution in [0.1, 0.15) is 32.3 Å². The number of benzene rings is 1. The molecule has 2 atom stereocenters. The molecule has 0 aromatic heterocycles. The highest BCUT2D eigenvalue weighted by molar-refractivity contribution is 5.86. The SMILES string of the molecule is CC[C@H](C)[C@H](NC(=O)OCc1ccccc1)C(=O)N1CCCN(CC(=O)N(C)C)CC1. The number of alkyl carbamates (subject to hydrolysis) is 1. The van der Waals surface area contributed by atoms with Crippen molar-refractivity contribution in [2.75, 3.05) is 46.8 Å². The number of likely N-dealkylation sites (N-methyl/N-ethyl adjacent to an activating group) is 1. The maximum atomic E-state index is 13.3. The summed E-state index contributed by atoms with van der Waals surface area (Å²) in [6, 6.07) is 8.81. The Hall–Kier alpha value is -2.61. The summed E-state index contributed by atoms with van der Waals surface area (Å²) in [7, 11) is 3.49. The summed E-state index contributed by atoms with van der Waals surface area (Å²) in [4.78, 5) is 43.1. The Morgan fingerprint density at radius 3 is 2.45 bits per heavy atom. The normalized spacial score (nSPS) is 16.7. The quantitative estimate of drug-likeness (QED) is 0.679. The standard InChI is InChI=1S/C23H36N4O4/c1-5-18(2)21(24-23(30)31-17-19-10-7-6-8-11-19)22(29)27-13-9-12-26(14-15-27)16-20(28)25(3)4/h6-8,10-11,18,21H,5,9,12-17H2,1-4H3,(H,24,30)/t18-,21-/m0/s1. The molecule has 1 aliphatic rings. The molecule has 1 aromatic rings. The lowest BCUT2D eigenvalue weighted by molar-refractivity contribution is -0.134. The fourth-order valence-corrected chi connectivity index (χ4v) is 3.45. The van der Waals surface area contributed by atoms with E-state index in [0.717, 1.165) is 24.9 Å². The van der Waals surface area contributed by atoms with Gasteiger partial charge in [0.15, 0.2) is 0 Å². The van der Waals surface area contributed by atoms with E-state index in [9.17, 15) is 14.4 Å². The number of nitrogens with one attached hydrogen (secondary N) is 1. The first kappa shape index (κ1) is 24.7. The molecule has 0 saturated carbocycles. The Labute approximate surface area is 185 Å². The summed E-state index contributed by atoms with van der Waals surface area (Å²) in [6.07, 6.45) is 0.959. The predicted molar refractivity (Wildman–Crippen MR) is 119 cm³/mol. The van der Waals surface area contributed by atoms with Crippen LogP contribution in [0.3, 0.4) is 0 Å². The molecule has 0 bridgehead atoms. The van der Waals surface area contributed by atoms with Crippen LogP contribution in [0.5, 0.6) is 0 Å². The van der Waals surface area contributed by atoms with Crippen molar-refractivity contribution in [3.63, 3.8) is 0 Å². The molecule has 8 nitrogen and oxygen atoms in total. The lowest BCUT2D eigenvalue weighted by Crippen LogP contribution is -2.52. The summed E-state index contributed by atoms with van der Waals surface area (Å²) < 4.78 is 5.33. The maximum absolute atomic E-state index is 13.3. The lowest BCUT2D eigenvalue weighted by Gasteiger charge is -2.30. The van der Waals surface area contributed by atoms with Crippen molar-refractivity contribution in [1.29, 1.82) is 0 Å². The minimum absolute atomic E-state index is 0.0218. The van der Waals surface area contributed by atoms with Crippen LogP contribution in [-0.4, -0.2) is 85.5 Å². The Morgan fingerprint density at radius 1 is 1.10 bits per heavy atom. The Balaban J connectivity index is 1.94. The van der Waals surface area contributed by atoms with Crippen LogP contribution in [-0.2, 0) is 20.9 Å². The second kappa shape index (κ2) is 12.3. The minimum Gasteiger partial charge on any atom is -0.445 e. The van der Waals surface area contributed by atoms with E-state index in [0.29, 0.717) is 26.2 Å². The second-order valence-electron chi connectivity index (χ2n) is 8.31. The van der Waals surface area contributed by atoms with Crippen molar-refractivity contribution in [2.45, 2.75) is 39.3 Å². The lowest BCUT2D eigenvalue weighted by atomic mass is 9.98. The van der Waals surface area contributed by atoms with E-state index in [4.69, 9.17) is 4.74 Å². The molecule has 31 heavy (non-hydrogen) atoms. The molecule has 2 rings (SSSR count). The van der Waals surface area contributed by atoms with Gasteiger partial charge in [0.05, 0.1) is 6.54 Å². The maximum Gasteiger partial charge on any atom is 0.408 e. The molecule has 1 fully saturated rings. The molecule has 1 aromatic carbocycles. The first-order valence-corrected chi connectivity index (χ1v) is 11.0. The van der Waals surface area contributed by atoms with E-state index in [1.807, 2.05) is 44.2 Å². The summed E-state index contributed by atoms with van der Waals surface area (Å²) >= 11 is 0. The van der Waals surface area contributed by atoms with Gasteiger partial charge in [-0.2, -0.15) is 0 Å². The topological polar surface area (TPSA) is 82.2 Å². The fourth-order valence-electron chi connectivity index (χ4n) is 3.45. The largest absolute Gasteiger partial charge is 0.445 e. The Kier molecular flexibility index (Phi) is 9.78. The molecule has 1 N–H and O–H groups in total. The van der Waals surface area contributed by atoms with Crippen LogP contribution >= 0.6 is 0 Å². The number of carbonyl (C=O) groups excluding carboxylic acids is 3. The van der Waals surface area contributed by atoms with Crippen LogP contribution < -0.4 is 5.32 Å². The highest BCUT2D eigenvalue weighted by atomic mass is 16.5. The first-order chi connectivity index (χ1) is 14.8. The summed E-state index contributed by atoms with van der Waals surface area (Å²) in [5.74, 6) is -0.0571. The van der Waals surface area contributed by atoms with Crippen LogP contribution in [0.15, 0.2) is 30.3 Å². The van der Waals surface area contributed by atoms with E-state index in [-0.39, 0.29) is 24.3 Å². The van der Waals surface area contributed by atoms with Crippen molar-refractivity contribution >= 4 is 17.9 Å². The summed E-state index contributed by atoms with van der Waals surface area (Å²) in [5, 5.41) is 2.79. The fraction of sp³-hybridized carbons (Fsp3) is 0.609. The van der Waals surface area contributed by atoms with Crippen molar-refractivity contribution in [3.8, 4) is 0 Å². The Morgan fingerprint density at radius 2 is 1.81 bits per heavy atom. The van der Waals surface area contributed by atoms with E-state index >= 15 is 0 Å². The average molecular weight is 433 g/mol. The zero-order chi connectivity index (χ0) is 22.8. The smallest absolute Gasteiger partial charge is 0.408 e. The van der Waals surface area contributed by atoms with Gasteiger partial charge in [-0.25, -0.2) is 4.79 Å². The van der Waals surface area contributed by atoms with Gasteiger partial charge in [0, 0.05) is 40.3 Å². The van der Waals surface area contributed by atoms with Crippen LogP contribution in [0.25, 0.3) is 0 Å². The average Bonchev–Trinajstić information content (AvgIpc) is 3.01. The van der Waals surface area contributed by atoms with Crippen molar-refractivity contribution in [1.82, 2.24) is 20.0 Å². The summed E-state index contributed by atoms with van der Waals surface area (Å²) in [6.45, 7) is 7.02. The Bertz CT molecular complexity index is 726. The van der Waals surface area contributed by atoms with Gasteiger partial charge in [0.25, 0.3) is 0 Å². The van der Waals surface area contributed by atoms with Gasteiger partial charge in [-0.1, -0.05) is 50.6 Å². The molecule has 0 unspecified atom stereocenters. The number of hydrogen-bond donors (Lipinski definition) is 1. The predicted octanol–water partition coefficient (Wildman–Crippen LogP) is 1.95. The molecule has 0 radical (unpaired) electrons. The molecular weight excluding hydrogens is 396 g/mol. The van der Waals surface area contributed by atoms with Gasteiger partial charge in [-0.15, -0.1) is 0 Å². The van der Waals surface area contributed by atoms with Gasteiger partial charge in [0.1, 0.15) is 12.6 Å². The van der Waals surface area contributed by atoms with Crippen molar-refractivity contribution in [3.05, 3.63) is 35.9 Å². The number of amides is 3. The molecular formula is C23H36N4O4. The zero-order valence-corrected chi connectivity index (χ0v) is 19.2. The third-order valence-electron chi connectivity index (χ3n) is 5.72. The molecule has 172 valence electrons.